The van der Waals surface area contributed by atoms with Crippen LogP contribution in [0, 0.1) is 17.0 Å². The summed E-state index contributed by atoms with van der Waals surface area (Å²) in [7, 11) is 0. The minimum absolute atomic E-state index is 0.0701. The van der Waals surface area contributed by atoms with Crippen molar-refractivity contribution in [3.05, 3.63) is 46.3 Å². The van der Waals surface area contributed by atoms with E-state index >= 15 is 0 Å². The van der Waals surface area contributed by atoms with Crippen molar-refractivity contribution in [3.63, 3.8) is 0 Å². The van der Waals surface area contributed by atoms with Crippen molar-refractivity contribution < 1.29 is 9.66 Å². The third kappa shape index (κ3) is 2.73. The van der Waals surface area contributed by atoms with Gasteiger partial charge in [-0.2, -0.15) is 5.10 Å². The van der Waals surface area contributed by atoms with Gasteiger partial charge in [-0.05, 0) is 39.0 Å². The van der Waals surface area contributed by atoms with Crippen molar-refractivity contribution in [2.24, 2.45) is 0 Å². The zero-order valence-electron chi connectivity index (χ0n) is 11.0. The van der Waals surface area contributed by atoms with Crippen LogP contribution in [0.15, 0.2) is 30.5 Å². The third-order valence-corrected chi connectivity index (χ3v) is 2.49. The molecule has 0 bridgehead atoms. The average molecular weight is 261 g/mol. The topological polar surface area (TPSA) is 70.2 Å². The zero-order chi connectivity index (χ0) is 14.0. The van der Waals surface area contributed by atoms with E-state index in [1.54, 1.807) is 30.5 Å². The number of para-hydroxylation sites is 1. The Labute approximate surface area is 110 Å². The normalized spacial score (nSPS) is 10.7. The highest BCUT2D eigenvalue weighted by atomic mass is 16.6. The number of rotatable bonds is 4. The third-order valence-electron chi connectivity index (χ3n) is 2.49. The lowest BCUT2D eigenvalue weighted by Gasteiger charge is -2.12. The van der Waals surface area contributed by atoms with Crippen molar-refractivity contribution in [2.75, 3.05) is 0 Å². The second-order valence-corrected chi connectivity index (χ2v) is 4.45. The van der Waals surface area contributed by atoms with E-state index < -0.39 is 4.92 Å². The molecule has 0 radical (unpaired) electrons. The van der Waals surface area contributed by atoms with Gasteiger partial charge in [-0.25, -0.2) is 4.68 Å². The fraction of sp³-hybridized carbons (Fsp3) is 0.308. The summed E-state index contributed by atoms with van der Waals surface area (Å²) in [4.78, 5) is 10.8. The second-order valence-electron chi connectivity index (χ2n) is 4.45. The Morgan fingerprint density at radius 3 is 2.63 bits per heavy atom. The Morgan fingerprint density at radius 1 is 1.37 bits per heavy atom. The number of aromatic nitrogens is 2. The molecule has 6 nitrogen and oxygen atoms in total. The molecule has 0 atom stereocenters. The van der Waals surface area contributed by atoms with E-state index in [0.29, 0.717) is 5.69 Å². The first-order valence-electron chi connectivity index (χ1n) is 5.95. The number of nitrogens with zero attached hydrogens (tertiary/aromatic N) is 3. The van der Waals surface area contributed by atoms with E-state index in [9.17, 15) is 10.1 Å². The Balaban J connectivity index is 2.57. The average Bonchev–Trinajstić information content (AvgIpc) is 2.74. The van der Waals surface area contributed by atoms with Crippen LogP contribution in [-0.4, -0.2) is 20.8 Å². The van der Waals surface area contributed by atoms with Gasteiger partial charge in [0.15, 0.2) is 5.75 Å². The maximum Gasteiger partial charge on any atom is 0.336 e. The lowest BCUT2D eigenvalue weighted by Crippen LogP contribution is -2.09. The van der Waals surface area contributed by atoms with Crippen molar-refractivity contribution >= 4 is 5.69 Å². The van der Waals surface area contributed by atoms with Gasteiger partial charge in [0.05, 0.1) is 16.7 Å². The Morgan fingerprint density at radius 2 is 2.11 bits per heavy atom. The van der Waals surface area contributed by atoms with E-state index in [0.717, 1.165) is 5.69 Å². The Kier molecular flexibility index (Phi) is 3.50. The number of hydrogen-bond donors (Lipinski definition) is 0. The molecule has 0 amide bonds. The molecule has 0 aliphatic carbocycles. The Hall–Kier alpha value is -2.37. The molecule has 100 valence electrons. The smallest absolute Gasteiger partial charge is 0.336 e. The molecule has 0 fully saturated rings. The summed E-state index contributed by atoms with van der Waals surface area (Å²) in [5, 5.41) is 15.5. The summed E-state index contributed by atoms with van der Waals surface area (Å²) in [6, 6.07) is 6.76. The van der Waals surface area contributed by atoms with Crippen LogP contribution >= 0.6 is 0 Å². The summed E-state index contributed by atoms with van der Waals surface area (Å²) in [6.45, 7) is 5.49. The number of benzene rings is 1. The molecular formula is C13H15N3O3. The zero-order valence-corrected chi connectivity index (χ0v) is 11.0. The van der Waals surface area contributed by atoms with Gasteiger partial charge in [0.25, 0.3) is 0 Å². The van der Waals surface area contributed by atoms with Crippen LogP contribution in [0.4, 0.5) is 5.69 Å². The van der Waals surface area contributed by atoms with E-state index in [1.165, 1.54) is 4.68 Å². The minimum Gasteiger partial charge on any atom is -0.484 e. The van der Waals surface area contributed by atoms with Crippen LogP contribution in [0.25, 0.3) is 5.69 Å². The highest BCUT2D eigenvalue weighted by Gasteiger charge is 2.23. The van der Waals surface area contributed by atoms with Gasteiger partial charge in [0.2, 0.25) is 0 Å². The molecule has 1 aromatic carbocycles. The quantitative estimate of drug-likeness (QED) is 0.626. The summed E-state index contributed by atoms with van der Waals surface area (Å²) >= 11 is 0. The molecular weight excluding hydrogens is 246 g/mol. The van der Waals surface area contributed by atoms with E-state index in [1.807, 2.05) is 20.8 Å². The molecule has 1 heterocycles. The fourth-order valence-corrected chi connectivity index (χ4v) is 1.78. The number of nitro benzene ring substituents is 1. The molecule has 0 spiro atoms. The van der Waals surface area contributed by atoms with E-state index in [2.05, 4.69) is 5.10 Å². The summed E-state index contributed by atoms with van der Waals surface area (Å²) < 4.78 is 6.98. The van der Waals surface area contributed by atoms with Gasteiger partial charge in [-0.1, -0.05) is 6.07 Å². The maximum atomic E-state index is 11.3. The molecule has 1 aromatic heterocycles. The first-order chi connectivity index (χ1) is 8.99. The summed E-state index contributed by atoms with van der Waals surface area (Å²) in [5.41, 5.74) is 1.13. The van der Waals surface area contributed by atoms with Crippen molar-refractivity contribution in [1.29, 1.82) is 0 Å². The monoisotopic (exact) mass is 261 g/mol. The van der Waals surface area contributed by atoms with E-state index in [-0.39, 0.29) is 17.5 Å². The molecule has 2 aromatic rings. The number of hydrogen-bond acceptors (Lipinski definition) is 4. The van der Waals surface area contributed by atoms with Gasteiger partial charge in [0.1, 0.15) is 5.69 Å². The van der Waals surface area contributed by atoms with Gasteiger partial charge >= 0.3 is 5.69 Å². The van der Waals surface area contributed by atoms with Crippen LogP contribution in [0.1, 0.15) is 19.5 Å². The van der Waals surface area contributed by atoms with Gasteiger partial charge in [0, 0.05) is 6.20 Å². The number of aryl methyl sites for hydroxylation is 1. The number of ether oxygens (including phenoxy) is 1. The first-order valence-corrected chi connectivity index (χ1v) is 5.95. The highest BCUT2D eigenvalue weighted by Crippen LogP contribution is 2.33. The lowest BCUT2D eigenvalue weighted by molar-refractivity contribution is -0.385. The second kappa shape index (κ2) is 5.09. The first kappa shape index (κ1) is 13.1. The molecule has 0 saturated heterocycles. The van der Waals surface area contributed by atoms with Crippen LogP contribution in [0.5, 0.6) is 5.75 Å². The highest BCUT2D eigenvalue weighted by molar-refractivity contribution is 5.61. The van der Waals surface area contributed by atoms with Crippen molar-refractivity contribution in [2.45, 2.75) is 26.9 Å². The van der Waals surface area contributed by atoms with Crippen LogP contribution in [-0.2, 0) is 0 Å². The van der Waals surface area contributed by atoms with Gasteiger partial charge in [-0.3, -0.25) is 10.1 Å². The van der Waals surface area contributed by atoms with Crippen LogP contribution < -0.4 is 4.74 Å². The predicted molar refractivity (Wildman–Crippen MR) is 70.7 cm³/mol. The molecule has 6 heteroatoms. The predicted octanol–water partition coefficient (Wildman–Crippen LogP) is 2.88. The molecule has 0 unspecified atom stereocenters. The lowest BCUT2D eigenvalue weighted by atomic mass is 10.2. The molecule has 19 heavy (non-hydrogen) atoms. The van der Waals surface area contributed by atoms with Crippen LogP contribution in [0.2, 0.25) is 0 Å². The SMILES string of the molecule is Cc1ccn(-c2cccc(OC(C)C)c2[N+](=O)[O-])n1. The minimum atomic E-state index is -0.440. The molecule has 0 N–H and O–H groups in total. The molecule has 0 aliphatic heterocycles. The van der Waals surface area contributed by atoms with E-state index in [4.69, 9.17) is 4.74 Å². The number of nitro groups is 1. The van der Waals surface area contributed by atoms with Crippen LogP contribution in [0.3, 0.4) is 0 Å². The maximum absolute atomic E-state index is 11.3. The van der Waals surface area contributed by atoms with Gasteiger partial charge in [-0.15, -0.1) is 0 Å². The molecule has 2 rings (SSSR count). The van der Waals surface area contributed by atoms with Crippen molar-refractivity contribution in [1.82, 2.24) is 9.78 Å². The molecule has 0 aliphatic rings. The Bertz CT molecular complexity index is 605. The molecule has 0 saturated carbocycles. The van der Waals surface area contributed by atoms with Gasteiger partial charge < -0.3 is 4.74 Å². The summed E-state index contributed by atoms with van der Waals surface area (Å²) in [6.07, 6.45) is 1.56. The largest absolute Gasteiger partial charge is 0.484 e. The summed E-state index contributed by atoms with van der Waals surface area (Å²) in [5.74, 6) is 0.255. The van der Waals surface area contributed by atoms with Crippen molar-refractivity contribution in [3.8, 4) is 11.4 Å². The fourth-order valence-electron chi connectivity index (χ4n) is 1.78. The standard InChI is InChI=1S/C13H15N3O3/c1-9(2)19-12-6-4-5-11(13(12)16(17)18)15-8-7-10(3)14-15/h4-9H,1-3H3.